The lowest BCUT2D eigenvalue weighted by Gasteiger charge is -2.20. The van der Waals surface area contributed by atoms with Crippen LogP contribution in [0.3, 0.4) is 0 Å². The van der Waals surface area contributed by atoms with Crippen molar-refractivity contribution in [3.05, 3.63) is 0 Å². The molecule has 0 aromatic heterocycles. The summed E-state index contributed by atoms with van der Waals surface area (Å²) < 4.78 is 5.13. The van der Waals surface area contributed by atoms with Gasteiger partial charge in [-0.2, -0.15) is 0 Å². The van der Waals surface area contributed by atoms with Crippen LogP contribution in [0.1, 0.15) is 27.2 Å². The molecule has 3 N–H and O–H groups in total. The molecule has 2 atom stereocenters. The second-order valence-corrected chi connectivity index (χ2v) is 5.27. The standard InChI is InChI=1S/C11H22N2O3/c1-11(2,3)16-10(15)13-6-8-4-9(7-14)12-5-8/h8-9,12,14H,4-7H2,1-3H3,(H,13,15). The van der Waals surface area contributed by atoms with Gasteiger partial charge < -0.3 is 20.5 Å². The van der Waals surface area contributed by atoms with Crippen molar-refractivity contribution in [2.75, 3.05) is 19.7 Å². The fourth-order valence-corrected chi connectivity index (χ4v) is 1.74. The number of hydrogen-bond donors (Lipinski definition) is 3. The number of carbonyl (C=O) groups excluding carboxylic acids is 1. The number of amides is 1. The van der Waals surface area contributed by atoms with Crippen LogP contribution in [-0.4, -0.2) is 42.5 Å². The maximum atomic E-state index is 11.4. The molecule has 0 aromatic rings. The first kappa shape index (κ1) is 13.3. The highest BCUT2D eigenvalue weighted by Gasteiger charge is 2.24. The highest BCUT2D eigenvalue weighted by Crippen LogP contribution is 2.13. The highest BCUT2D eigenvalue weighted by molar-refractivity contribution is 5.67. The van der Waals surface area contributed by atoms with Crippen LogP contribution < -0.4 is 10.6 Å². The summed E-state index contributed by atoms with van der Waals surface area (Å²) in [5.74, 6) is 0.379. The average molecular weight is 230 g/mol. The molecule has 1 heterocycles. The summed E-state index contributed by atoms with van der Waals surface area (Å²) in [6.45, 7) is 7.10. The zero-order valence-electron chi connectivity index (χ0n) is 10.2. The zero-order valence-corrected chi connectivity index (χ0v) is 10.2. The number of aliphatic hydroxyl groups excluding tert-OH is 1. The van der Waals surface area contributed by atoms with E-state index in [2.05, 4.69) is 10.6 Å². The summed E-state index contributed by atoms with van der Waals surface area (Å²) in [5, 5.41) is 14.9. The van der Waals surface area contributed by atoms with Crippen molar-refractivity contribution >= 4 is 6.09 Å². The molecule has 1 rings (SSSR count). The molecular weight excluding hydrogens is 208 g/mol. The lowest BCUT2D eigenvalue weighted by molar-refractivity contribution is 0.0520. The molecular formula is C11H22N2O3. The first-order valence-electron chi connectivity index (χ1n) is 5.72. The fraction of sp³-hybridized carbons (Fsp3) is 0.909. The molecule has 16 heavy (non-hydrogen) atoms. The molecule has 0 saturated carbocycles. The summed E-state index contributed by atoms with van der Waals surface area (Å²) in [4.78, 5) is 11.4. The van der Waals surface area contributed by atoms with Gasteiger partial charge in [0.25, 0.3) is 0 Å². The number of ether oxygens (including phenoxy) is 1. The van der Waals surface area contributed by atoms with E-state index in [4.69, 9.17) is 9.84 Å². The lowest BCUT2D eigenvalue weighted by Crippen LogP contribution is -2.35. The second-order valence-electron chi connectivity index (χ2n) is 5.27. The zero-order chi connectivity index (χ0) is 12.2. The second kappa shape index (κ2) is 5.50. The monoisotopic (exact) mass is 230 g/mol. The van der Waals surface area contributed by atoms with E-state index < -0.39 is 5.60 Å². The average Bonchev–Trinajstić information content (AvgIpc) is 2.59. The maximum absolute atomic E-state index is 11.4. The van der Waals surface area contributed by atoms with Gasteiger partial charge in [-0.25, -0.2) is 4.79 Å². The Bertz CT molecular complexity index is 238. The van der Waals surface area contributed by atoms with Gasteiger partial charge in [0, 0.05) is 19.1 Å². The van der Waals surface area contributed by atoms with Crippen molar-refractivity contribution in [2.24, 2.45) is 5.92 Å². The fourth-order valence-electron chi connectivity index (χ4n) is 1.74. The molecule has 5 heteroatoms. The first-order valence-corrected chi connectivity index (χ1v) is 5.72. The van der Waals surface area contributed by atoms with Gasteiger partial charge in [-0.1, -0.05) is 0 Å². The predicted molar refractivity (Wildman–Crippen MR) is 61.2 cm³/mol. The van der Waals surface area contributed by atoms with Crippen LogP contribution in [-0.2, 0) is 4.74 Å². The number of alkyl carbamates (subject to hydrolysis) is 1. The number of hydrogen-bond acceptors (Lipinski definition) is 4. The van der Waals surface area contributed by atoms with Crippen LogP contribution in [0, 0.1) is 5.92 Å². The molecule has 5 nitrogen and oxygen atoms in total. The molecule has 1 fully saturated rings. The smallest absolute Gasteiger partial charge is 0.407 e. The topological polar surface area (TPSA) is 70.6 Å². The molecule has 0 radical (unpaired) electrons. The summed E-state index contributed by atoms with van der Waals surface area (Å²) in [6, 6.07) is 0.172. The van der Waals surface area contributed by atoms with Gasteiger partial charge in [0.05, 0.1) is 6.61 Å². The van der Waals surface area contributed by atoms with Crippen molar-refractivity contribution in [1.82, 2.24) is 10.6 Å². The maximum Gasteiger partial charge on any atom is 0.407 e. The van der Waals surface area contributed by atoms with Crippen LogP contribution in [0.2, 0.25) is 0 Å². The lowest BCUT2D eigenvalue weighted by atomic mass is 10.1. The molecule has 94 valence electrons. The minimum atomic E-state index is -0.453. The summed E-state index contributed by atoms with van der Waals surface area (Å²) >= 11 is 0. The molecule has 1 amide bonds. The van der Waals surface area contributed by atoms with E-state index >= 15 is 0 Å². The van der Waals surface area contributed by atoms with Crippen molar-refractivity contribution < 1.29 is 14.6 Å². The van der Waals surface area contributed by atoms with E-state index in [0.29, 0.717) is 12.5 Å². The van der Waals surface area contributed by atoms with Gasteiger partial charge >= 0.3 is 6.09 Å². The number of rotatable bonds is 3. The molecule has 0 bridgehead atoms. The van der Waals surface area contributed by atoms with Crippen molar-refractivity contribution in [2.45, 2.75) is 38.8 Å². The van der Waals surface area contributed by atoms with Crippen molar-refractivity contribution in [3.63, 3.8) is 0 Å². The quantitative estimate of drug-likeness (QED) is 0.659. The van der Waals surface area contributed by atoms with Gasteiger partial charge in [-0.05, 0) is 33.1 Å². The third-order valence-electron chi connectivity index (χ3n) is 2.47. The van der Waals surface area contributed by atoms with E-state index in [1.54, 1.807) is 0 Å². The minimum absolute atomic E-state index is 0.156. The van der Waals surface area contributed by atoms with E-state index in [0.717, 1.165) is 13.0 Å². The van der Waals surface area contributed by atoms with Gasteiger partial charge in [0.1, 0.15) is 5.60 Å². The number of nitrogens with one attached hydrogen (secondary N) is 2. The summed E-state index contributed by atoms with van der Waals surface area (Å²) in [6.07, 6.45) is 0.520. The van der Waals surface area contributed by atoms with Crippen LogP contribution in [0.5, 0.6) is 0 Å². The Morgan fingerprint density at radius 1 is 1.56 bits per heavy atom. The van der Waals surface area contributed by atoms with Crippen LogP contribution in [0.4, 0.5) is 4.79 Å². The normalized spacial score (nSPS) is 25.5. The Balaban J connectivity index is 2.18. The molecule has 1 aliphatic heterocycles. The van der Waals surface area contributed by atoms with Gasteiger partial charge in [0.2, 0.25) is 0 Å². The van der Waals surface area contributed by atoms with E-state index in [1.165, 1.54) is 0 Å². The summed E-state index contributed by atoms with van der Waals surface area (Å²) in [7, 11) is 0. The van der Waals surface area contributed by atoms with E-state index in [1.807, 2.05) is 20.8 Å². The minimum Gasteiger partial charge on any atom is -0.444 e. The molecule has 0 aromatic carbocycles. The van der Waals surface area contributed by atoms with Crippen molar-refractivity contribution in [1.29, 1.82) is 0 Å². The molecule has 0 aliphatic carbocycles. The Labute approximate surface area is 96.6 Å². The predicted octanol–water partition coefficient (Wildman–Crippen LogP) is 0.481. The van der Waals surface area contributed by atoms with Crippen LogP contribution in [0.25, 0.3) is 0 Å². The third-order valence-corrected chi connectivity index (χ3v) is 2.47. The van der Waals surface area contributed by atoms with Gasteiger partial charge in [-0.3, -0.25) is 0 Å². The van der Waals surface area contributed by atoms with Crippen LogP contribution >= 0.6 is 0 Å². The Kier molecular flexibility index (Phi) is 4.56. The molecule has 2 unspecified atom stereocenters. The van der Waals surface area contributed by atoms with Gasteiger partial charge in [-0.15, -0.1) is 0 Å². The Morgan fingerprint density at radius 2 is 2.25 bits per heavy atom. The van der Waals surface area contributed by atoms with E-state index in [9.17, 15) is 4.79 Å². The van der Waals surface area contributed by atoms with E-state index in [-0.39, 0.29) is 18.7 Å². The molecule has 0 spiro atoms. The Morgan fingerprint density at radius 3 is 2.75 bits per heavy atom. The third kappa shape index (κ3) is 4.81. The summed E-state index contributed by atoms with van der Waals surface area (Å²) in [5.41, 5.74) is -0.453. The Hall–Kier alpha value is -0.810. The molecule has 1 saturated heterocycles. The SMILES string of the molecule is CC(C)(C)OC(=O)NCC1CNC(CO)C1. The number of aliphatic hydroxyl groups is 1. The van der Waals surface area contributed by atoms with Crippen LogP contribution in [0.15, 0.2) is 0 Å². The van der Waals surface area contributed by atoms with Gasteiger partial charge in [0.15, 0.2) is 0 Å². The molecule has 1 aliphatic rings. The highest BCUT2D eigenvalue weighted by atomic mass is 16.6. The largest absolute Gasteiger partial charge is 0.444 e. The first-order chi connectivity index (χ1) is 7.40. The van der Waals surface area contributed by atoms with Crippen molar-refractivity contribution in [3.8, 4) is 0 Å². The number of carbonyl (C=O) groups is 1.